The SMILES string of the molecule is CCOc1ccc(NC(=O)[C@@H]2CC(=O)N(c3ccc(CC)cc3)C2)cc1. The molecule has 1 fully saturated rings. The fourth-order valence-electron chi connectivity index (χ4n) is 3.09. The summed E-state index contributed by atoms with van der Waals surface area (Å²) in [5.41, 5.74) is 2.78. The summed E-state index contributed by atoms with van der Waals surface area (Å²) in [4.78, 5) is 26.6. The molecule has 0 unspecified atom stereocenters. The van der Waals surface area contributed by atoms with Gasteiger partial charge in [-0.25, -0.2) is 0 Å². The normalized spacial score (nSPS) is 16.6. The van der Waals surface area contributed by atoms with Crippen LogP contribution in [0, 0.1) is 5.92 Å². The number of benzene rings is 2. The third kappa shape index (κ3) is 4.04. The number of hydrogen-bond donors (Lipinski definition) is 1. The van der Waals surface area contributed by atoms with E-state index in [4.69, 9.17) is 4.74 Å². The number of ether oxygens (including phenoxy) is 1. The van der Waals surface area contributed by atoms with Crippen molar-refractivity contribution in [1.29, 1.82) is 0 Å². The maximum Gasteiger partial charge on any atom is 0.229 e. The van der Waals surface area contributed by atoms with Gasteiger partial charge in [-0.3, -0.25) is 9.59 Å². The van der Waals surface area contributed by atoms with E-state index in [9.17, 15) is 9.59 Å². The van der Waals surface area contributed by atoms with Gasteiger partial charge in [-0.2, -0.15) is 0 Å². The first-order valence-corrected chi connectivity index (χ1v) is 9.03. The molecule has 2 aromatic carbocycles. The van der Waals surface area contributed by atoms with Crippen molar-refractivity contribution in [2.24, 2.45) is 5.92 Å². The second kappa shape index (κ2) is 8.04. The van der Waals surface area contributed by atoms with Gasteiger partial charge in [0.1, 0.15) is 5.75 Å². The second-order valence-corrected chi connectivity index (χ2v) is 6.37. The van der Waals surface area contributed by atoms with Crippen LogP contribution in [0.15, 0.2) is 48.5 Å². The number of rotatable bonds is 6. The Hall–Kier alpha value is -2.82. The zero-order chi connectivity index (χ0) is 18.5. The highest BCUT2D eigenvalue weighted by molar-refractivity contribution is 6.03. The highest BCUT2D eigenvalue weighted by atomic mass is 16.5. The number of nitrogens with one attached hydrogen (secondary N) is 1. The minimum absolute atomic E-state index is 0.0129. The number of aryl methyl sites for hydroxylation is 1. The van der Waals surface area contributed by atoms with Gasteiger partial charge in [0.15, 0.2) is 0 Å². The van der Waals surface area contributed by atoms with Crippen LogP contribution in [0.1, 0.15) is 25.8 Å². The Labute approximate surface area is 154 Å². The van der Waals surface area contributed by atoms with Crippen molar-refractivity contribution < 1.29 is 14.3 Å². The van der Waals surface area contributed by atoms with Crippen LogP contribution in [0.5, 0.6) is 5.75 Å². The minimum atomic E-state index is -0.347. The van der Waals surface area contributed by atoms with Crippen LogP contribution in [-0.2, 0) is 16.0 Å². The van der Waals surface area contributed by atoms with Gasteiger partial charge in [0.2, 0.25) is 11.8 Å². The molecule has 136 valence electrons. The fraction of sp³-hybridized carbons (Fsp3) is 0.333. The molecule has 3 rings (SSSR count). The van der Waals surface area contributed by atoms with Gasteiger partial charge in [-0.1, -0.05) is 19.1 Å². The van der Waals surface area contributed by atoms with E-state index in [1.165, 1.54) is 5.56 Å². The van der Waals surface area contributed by atoms with Crippen LogP contribution >= 0.6 is 0 Å². The van der Waals surface area contributed by atoms with E-state index >= 15 is 0 Å². The van der Waals surface area contributed by atoms with Gasteiger partial charge in [-0.15, -0.1) is 0 Å². The molecular weight excluding hydrogens is 328 g/mol. The predicted molar refractivity (Wildman–Crippen MR) is 103 cm³/mol. The summed E-state index contributed by atoms with van der Waals surface area (Å²) in [6.07, 6.45) is 1.19. The van der Waals surface area contributed by atoms with Crippen LogP contribution in [0.25, 0.3) is 0 Å². The third-order valence-electron chi connectivity index (χ3n) is 4.58. The molecule has 1 aliphatic rings. The van der Waals surface area contributed by atoms with E-state index in [0.29, 0.717) is 18.8 Å². The molecule has 0 saturated carbocycles. The number of amides is 2. The highest BCUT2D eigenvalue weighted by Gasteiger charge is 2.35. The standard InChI is InChI=1S/C21H24N2O3/c1-3-15-5-9-18(10-6-15)23-14-16(13-20(23)24)21(25)22-17-7-11-19(12-8-17)26-4-2/h5-12,16H,3-4,13-14H2,1-2H3,(H,22,25)/t16-/m1/s1. The van der Waals surface area contributed by atoms with Crippen molar-refractivity contribution in [3.63, 3.8) is 0 Å². The molecule has 0 spiro atoms. The second-order valence-electron chi connectivity index (χ2n) is 6.37. The zero-order valence-corrected chi connectivity index (χ0v) is 15.2. The van der Waals surface area contributed by atoms with E-state index in [1.54, 1.807) is 17.0 Å². The Morgan fingerprint density at radius 1 is 1.12 bits per heavy atom. The minimum Gasteiger partial charge on any atom is -0.494 e. The molecule has 5 heteroatoms. The van der Waals surface area contributed by atoms with Crippen LogP contribution in [-0.4, -0.2) is 25.0 Å². The zero-order valence-electron chi connectivity index (χ0n) is 15.2. The van der Waals surface area contributed by atoms with Gasteiger partial charge in [0.25, 0.3) is 0 Å². The van der Waals surface area contributed by atoms with Gasteiger partial charge in [-0.05, 0) is 55.3 Å². The van der Waals surface area contributed by atoms with Gasteiger partial charge in [0.05, 0.1) is 12.5 Å². The maximum absolute atomic E-state index is 12.5. The largest absolute Gasteiger partial charge is 0.494 e. The average molecular weight is 352 g/mol. The topological polar surface area (TPSA) is 58.6 Å². The Morgan fingerprint density at radius 2 is 1.81 bits per heavy atom. The maximum atomic E-state index is 12.5. The van der Waals surface area contributed by atoms with Crippen LogP contribution in [0.4, 0.5) is 11.4 Å². The summed E-state index contributed by atoms with van der Waals surface area (Å²) in [6, 6.07) is 15.2. The Morgan fingerprint density at radius 3 is 2.42 bits per heavy atom. The van der Waals surface area contributed by atoms with E-state index in [1.807, 2.05) is 43.3 Å². The fourth-order valence-corrected chi connectivity index (χ4v) is 3.09. The van der Waals surface area contributed by atoms with Crippen LogP contribution in [0.3, 0.4) is 0 Å². The lowest BCUT2D eigenvalue weighted by atomic mass is 10.1. The summed E-state index contributed by atoms with van der Waals surface area (Å²) in [5, 5.41) is 2.89. The summed E-state index contributed by atoms with van der Waals surface area (Å²) >= 11 is 0. The molecule has 0 aliphatic carbocycles. The highest BCUT2D eigenvalue weighted by Crippen LogP contribution is 2.26. The number of anilines is 2. The van der Waals surface area contributed by atoms with Gasteiger partial charge >= 0.3 is 0 Å². The number of hydrogen-bond acceptors (Lipinski definition) is 3. The molecule has 1 saturated heterocycles. The number of carbonyl (C=O) groups excluding carboxylic acids is 2. The number of carbonyl (C=O) groups is 2. The molecule has 1 N–H and O–H groups in total. The van der Waals surface area contributed by atoms with Gasteiger partial charge in [0, 0.05) is 24.3 Å². The quantitative estimate of drug-likeness (QED) is 0.863. The first kappa shape index (κ1) is 18.0. The lowest BCUT2D eigenvalue weighted by Gasteiger charge is -2.17. The molecule has 2 amide bonds. The first-order chi connectivity index (χ1) is 12.6. The average Bonchev–Trinajstić information content (AvgIpc) is 3.05. The van der Waals surface area contributed by atoms with E-state index in [2.05, 4.69) is 12.2 Å². The molecule has 0 bridgehead atoms. The Bertz CT molecular complexity index is 769. The van der Waals surface area contributed by atoms with Crippen molar-refractivity contribution >= 4 is 23.2 Å². The Balaban J connectivity index is 1.62. The van der Waals surface area contributed by atoms with Crippen molar-refractivity contribution in [1.82, 2.24) is 0 Å². The molecule has 1 aliphatic heterocycles. The van der Waals surface area contributed by atoms with E-state index in [0.717, 1.165) is 17.9 Å². The summed E-state index contributed by atoms with van der Waals surface area (Å²) in [7, 11) is 0. The van der Waals surface area contributed by atoms with Crippen molar-refractivity contribution in [2.75, 3.05) is 23.4 Å². The third-order valence-corrected chi connectivity index (χ3v) is 4.58. The van der Waals surface area contributed by atoms with Crippen molar-refractivity contribution in [3.8, 4) is 5.75 Å². The molecule has 1 atom stereocenters. The molecule has 0 aromatic heterocycles. The molecular formula is C21H24N2O3. The molecule has 2 aromatic rings. The smallest absolute Gasteiger partial charge is 0.229 e. The monoisotopic (exact) mass is 352 g/mol. The molecule has 5 nitrogen and oxygen atoms in total. The van der Waals surface area contributed by atoms with Crippen LogP contribution < -0.4 is 15.0 Å². The molecule has 0 radical (unpaired) electrons. The van der Waals surface area contributed by atoms with Crippen LogP contribution in [0.2, 0.25) is 0 Å². The molecule has 1 heterocycles. The summed E-state index contributed by atoms with van der Waals surface area (Å²) < 4.78 is 5.40. The van der Waals surface area contributed by atoms with Crippen molar-refractivity contribution in [3.05, 3.63) is 54.1 Å². The van der Waals surface area contributed by atoms with Crippen molar-refractivity contribution in [2.45, 2.75) is 26.7 Å². The molecule has 26 heavy (non-hydrogen) atoms. The van der Waals surface area contributed by atoms with Gasteiger partial charge < -0.3 is 15.0 Å². The van der Waals surface area contributed by atoms with E-state index < -0.39 is 0 Å². The summed E-state index contributed by atoms with van der Waals surface area (Å²) in [6.45, 7) is 5.03. The number of nitrogens with zero attached hydrogens (tertiary/aromatic N) is 1. The lowest BCUT2D eigenvalue weighted by molar-refractivity contribution is -0.122. The first-order valence-electron chi connectivity index (χ1n) is 9.03. The lowest BCUT2D eigenvalue weighted by Crippen LogP contribution is -2.28. The predicted octanol–water partition coefficient (Wildman–Crippen LogP) is 3.64. The van der Waals surface area contributed by atoms with E-state index in [-0.39, 0.29) is 24.2 Å². The Kier molecular flexibility index (Phi) is 5.56. The summed E-state index contributed by atoms with van der Waals surface area (Å²) in [5.74, 6) is 0.277.